The maximum Gasteiger partial charge on any atom is 0.268 e. The fourth-order valence-electron chi connectivity index (χ4n) is 3.77. The quantitative estimate of drug-likeness (QED) is 0.231. The number of ether oxygens (including phenoxy) is 1. The minimum Gasteiger partial charge on any atom is -0.454 e. The molecule has 0 aliphatic heterocycles. The van der Waals surface area contributed by atoms with Gasteiger partial charge < -0.3 is 15.4 Å². The zero-order chi connectivity index (χ0) is 26.3. The molecule has 0 aliphatic rings. The summed E-state index contributed by atoms with van der Waals surface area (Å²) >= 11 is 0. The molecule has 0 radical (unpaired) electrons. The van der Waals surface area contributed by atoms with Crippen LogP contribution in [0.2, 0.25) is 0 Å². The molecule has 4 aromatic carbocycles. The van der Waals surface area contributed by atoms with Crippen molar-refractivity contribution in [3.63, 3.8) is 0 Å². The summed E-state index contributed by atoms with van der Waals surface area (Å²) in [4.78, 5) is 33.1. The van der Waals surface area contributed by atoms with E-state index in [0.717, 1.165) is 10.8 Å². The fraction of sp³-hybridized carbons (Fsp3) is 0.0345. The summed E-state index contributed by atoms with van der Waals surface area (Å²) in [5, 5.41) is 15.8. The Hall–Kier alpha value is -5.44. The van der Waals surface area contributed by atoms with Crippen molar-refractivity contribution in [2.24, 2.45) is 10.2 Å². The largest absolute Gasteiger partial charge is 0.454 e. The predicted octanol–water partition coefficient (Wildman–Crippen LogP) is 7.05. The van der Waals surface area contributed by atoms with Crippen LogP contribution in [0.25, 0.3) is 10.8 Å². The van der Waals surface area contributed by atoms with Crippen LogP contribution in [-0.2, 0) is 4.79 Å². The summed E-state index contributed by atoms with van der Waals surface area (Å²) in [6, 6.07) is 26.9. The third-order valence-corrected chi connectivity index (χ3v) is 5.44. The Bertz CT molecular complexity index is 1620. The lowest BCUT2D eigenvalue weighted by Gasteiger charge is -2.16. The molecule has 5 rings (SSSR count). The normalized spacial score (nSPS) is 10.9. The van der Waals surface area contributed by atoms with Crippen LogP contribution >= 0.6 is 0 Å². The number of amides is 2. The van der Waals surface area contributed by atoms with E-state index in [-0.39, 0.29) is 29.1 Å². The Kier molecular flexibility index (Phi) is 7.08. The lowest BCUT2D eigenvalue weighted by Crippen LogP contribution is -2.13. The average molecular weight is 503 g/mol. The van der Waals surface area contributed by atoms with Gasteiger partial charge >= 0.3 is 0 Å². The number of hydrogen-bond donors (Lipinski definition) is 2. The number of rotatable bonds is 7. The standard InChI is InChI=1S/C29H22N6O3/c1-19(36)32-22-12-14-23(15-13-22)38-27-25(28(37)33-21-9-3-2-4-10-21)18-20-8-5-6-11-24(20)26(27)34-35-29-30-16-7-17-31-29/h2-18H,1H3,(H,32,36)(H,33,37)/b35-34+. The first-order chi connectivity index (χ1) is 18.6. The van der Waals surface area contributed by atoms with Gasteiger partial charge in [-0.05, 0) is 53.9 Å². The Morgan fingerprint density at radius 1 is 0.763 bits per heavy atom. The molecule has 0 aliphatic carbocycles. The Labute approximate surface area is 218 Å². The second kappa shape index (κ2) is 11.1. The molecule has 38 heavy (non-hydrogen) atoms. The second-order valence-corrected chi connectivity index (χ2v) is 8.20. The van der Waals surface area contributed by atoms with Crippen molar-refractivity contribution in [1.29, 1.82) is 0 Å². The predicted molar refractivity (Wildman–Crippen MR) is 145 cm³/mol. The van der Waals surface area contributed by atoms with Gasteiger partial charge in [0.25, 0.3) is 11.9 Å². The lowest BCUT2D eigenvalue weighted by molar-refractivity contribution is -0.114. The molecule has 186 valence electrons. The van der Waals surface area contributed by atoms with Crippen LogP contribution < -0.4 is 15.4 Å². The molecular formula is C29H22N6O3. The molecule has 0 spiro atoms. The maximum atomic E-state index is 13.5. The number of carbonyl (C=O) groups excluding carboxylic acids is 2. The number of benzene rings is 4. The molecule has 0 unspecified atom stereocenters. The molecule has 9 heteroatoms. The van der Waals surface area contributed by atoms with Gasteiger partial charge in [0.2, 0.25) is 5.91 Å². The van der Waals surface area contributed by atoms with E-state index in [2.05, 4.69) is 30.8 Å². The van der Waals surface area contributed by atoms with Crippen molar-refractivity contribution in [2.75, 3.05) is 10.6 Å². The molecular weight excluding hydrogens is 480 g/mol. The molecule has 0 atom stereocenters. The van der Waals surface area contributed by atoms with E-state index in [1.807, 2.05) is 42.5 Å². The summed E-state index contributed by atoms with van der Waals surface area (Å²) in [6.07, 6.45) is 3.13. The van der Waals surface area contributed by atoms with Gasteiger partial charge in [-0.2, -0.15) is 0 Å². The van der Waals surface area contributed by atoms with E-state index in [0.29, 0.717) is 22.8 Å². The number of para-hydroxylation sites is 1. The Morgan fingerprint density at radius 2 is 1.45 bits per heavy atom. The first-order valence-corrected chi connectivity index (χ1v) is 11.7. The van der Waals surface area contributed by atoms with Crippen LogP contribution in [0.1, 0.15) is 17.3 Å². The van der Waals surface area contributed by atoms with E-state index >= 15 is 0 Å². The highest BCUT2D eigenvalue weighted by Gasteiger charge is 2.21. The van der Waals surface area contributed by atoms with E-state index < -0.39 is 0 Å². The minimum absolute atomic E-state index is 0.168. The molecule has 2 amide bonds. The van der Waals surface area contributed by atoms with E-state index in [1.54, 1.807) is 60.9 Å². The van der Waals surface area contributed by atoms with Crippen LogP contribution in [0.15, 0.2) is 114 Å². The van der Waals surface area contributed by atoms with Gasteiger partial charge in [0, 0.05) is 36.1 Å². The molecule has 0 saturated heterocycles. The molecule has 0 fully saturated rings. The van der Waals surface area contributed by atoms with Crippen molar-refractivity contribution in [3.05, 3.63) is 109 Å². The lowest BCUT2D eigenvalue weighted by atomic mass is 10.0. The van der Waals surface area contributed by atoms with Gasteiger partial charge in [-0.25, -0.2) is 9.97 Å². The number of nitrogens with one attached hydrogen (secondary N) is 2. The number of aromatic nitrogens is 2. The SMILES string of the molecule is CC(=O)Nc1ccc(Oc2c(C(=O)Nc3ccccc3)cc3ccccc3c2/N=N/c2ncccn2)cc1. The highest BCUT2D eigenvalue weighted by atomic mass is 16.5. The van der Waals surface area contributed by atoms with Gasteiger partial charge in [-0.3, -0.25) is 9.59 Å². The maximum absolute atomic E-state index is 13.5. The fourth-order valence-corrected chi connectivity index (χ4v) is 3.77. The summed E-state index contributed by atoms with van der Waals surface area (Å²) < 4.78 is 6.29. The first-order valence-electron chi connectivity index (χ1n) is 11.7. The third-order valence-electron chi connectivity index (χ3n) is 5.44. The van der Waals surface area contributed by atoms with Crippen LogP contribution in [0, 0.1) is 0 Å². The Morgan fingerprint density at radius 3 is 2.18 bits per heavy atom. The van der Waals surface area contributed by atoms with Crippen LogP contribution in [0.3, 0.4) is 0 Å². The van der Waals surface area contributed by atoms with Crippen molar-refractivity contribution in [3.8, 4) is 11.5 Å². The van der Waals surface area contributed by atoms with Crippen LogP contribution in [-0.4, -0.2) is 21.8 Å². The number of carbonyl (C=O) groups is 2. The molecule has 0 saturated carbocycles. The van der Waals surface area contributed by atoms with Gasteiger partial charge in [0.15, 0.2) is 5.75 Å². The molecule has 9 nitrogen and oxygen atoms in total. The average Bonchev–Trinajstić information content (AvgIpc) is 2.94. The van der Waals surface area contributed by atoms with E-state index in [9.17, 15) is 9.59 Å². The molecule has 2 N–H and O–H groups in total. The van der Waals surface area contributed by atoms with Crippen molar-refractivity contribution >= 4 is 45.6 Å². The number of nitrogens with zero attached hydrogens (tertiary/aromatic N) is 4. The first kappa shape index (κ1) is 24.3. The molecule has 0 bridgehead atoms. The smallest absolute Gasteiger partial charge is 0.268 e. The summed E-state index contributed by atoms with van der Waals surface area (Å²) in [5.41, 5.74) is 1.87. The van der Waals surface area contributed by atoms with Gasteiger partial charge in [-0.15, -0.1) is 10.2 Å². The van der Waals surface area contributed by atoms with E-state index in [1.165, 1.54) is 6.92 Å². The molecule has 1 aromatic heterocycles. The highest BCUT2D eigenvalue weighted by Crippen LogP contribution is 2.42. The molecule has 1 heterocycles. The second-order valence-electron chi connectivity index (χ2n) is 8.20. The van der Waals surface area contributed by atoms with Crippen molar-refractivity contribution < 1.29 is 14.3 Å². The third kappa shape index (κ3) is 5.68. The summed E-state index contributed by atoms with van der Waals surface area (Å²) in [7, 11) is 0. The van der Waals surface area contributed by atoms with Crippen molar-refractivity contribution in [1.82, 2.24) is 9.97 Å². The van der Waals surface area contributed by atoms with Gasteiger partial charge in [-0.1, -0.05) is 42.5 Å². The van der Waals surface area contributed by atoms with E-state index in [4.69, 9.17) is 4.74 Å². The monoisotopic (exact) mass is 502 g/mol. The summed E-state index contributed by atoms with van der Waals surface area (Å²) in [5.74, 6) is 0.263. The number of azo groups is 1. The zero-order valence-electron chi connectivity index (χ0n) is 20.3. The highest BCUT2D eigenvalue weighted by molar-refractivity contribution is 6.12. The number of hydrogen-bond acceptors (Lipinski definition) is 7. The topological polar surface area (TPSA) is 118 Å². The van der Waals surface area contributed by atoms with Crippen LogP contribution in [0.4, 0.5) is 23.0 Å². The number of anilines is 2. The zero-order valence-corrected chi connectivity index (χ0v) is 20.3. The summed E-state index contributed by atoms with van der Waals surface area (Å²) in [6.45, 7) is 1.44. The van der Waals surface area contributed by atoms with Crippen molar-refractivity contribution in [2.45, 2.75) is 6.92 Å². The Balaban J connectivity index is 1.64. The number of fused-ring (bicyclic) bond motifs is 1. The van der Waals surface area contributed by atoms with Gasteiger partial charge in [0.05, 0.1) is 5.56 Å². The molecule has 5 aromatic rings. The van der Waals surface area contributed by atoms with Gasteiger partial charge in [0.1, 0.15) is 11.4 Å². The minimum atomic E-state index is -0.376. The van der Waals surface area contributed by atoms with Crippen LogP contribution in [0.5, 0.6) is 11.5 Å².